The normalized spacial score (nSPS) is 14.9. The lowest BCUT2D eigenvalue weighted by molar-refractivity contribution is -0.384. The number of anilines is 4. The van der Waals surface area contributed by atoms with E-state index in [2.05, 4.69) is 37.3 Å². The van der Waals surface area contributed by atoms with Gasteiger partial charge in [-0.05, 0) is 59.6 Å². The molecule has 2 heterocycles. The number of nitrogens with zero attached hydrogens (tertiary/aromatic N) is 6. The number of carbonyl (C=O) groups is 3. The van der Waals surface area contributed by atoms with Crippen molar-refractivity contribution in [2.45, 2.75) is 84.6 Å². The molecule has 59 heavy (non-hydrogen) atoms. The van der Waals surface area contributed by atoms with Crippen LogP contribution in [0.4, 0.5) is 38.3 Å². The number of nitrogen functional groups attached to an aromatic ring is 1. The maximum Gasteiger partial charge on any atom is 0.413 e. The van der Waals surface area contributed by atoms with Crippen molar-refractivity contribution in [3.05, 3.63) is 61.4 Å². The van der Waals surface area contributed by atoms with E-state index in [4.69, 9.17) is 47.9 Å². The third kappa shape index (κ3) is 10.9. The molecule has 320 valence electrons. The van der Waals surface area contributed by atoms with Gasteiger partial charge in [0.2, 0.25) is 0 Å². The summed E-state index contributed by atoms with van der Waals surface area (Å²) in [6, 6.07) is 4.53. The minimum atomic E-state index is -1.23. The number of rotatable bonds is 14. The molecule has 0 spiro atoms. The maximum atomic E-state index is 14.5. The average Bonchev–Trinajstić information content (AvgIpc) is 3.99. The molecule has 1 aliphatic heterocycles. The van der Waals surface area contributed by atoms with Crippen LogP contribution in [-0.4, -0.2) is 107 Å². The number of methoxy groups -OCH3 is 2. The number of carbonyl (C=O) groups excluding carboxylic acids is 3. The number of nitrogens with one attached hydrogen (secondary N) is 2. The molecule has 18 nitrogen and oxygen atoms in total. The van der Waals surface area contributed by atoms with Crippen molar-refractivity contribution in [3.63, 3.8) is 0 Å². The summed E-state index contributed by atoms with van der Waals surface area (Å²) in [5, 5.41) is 17.0. The molecule has 0 unspecified atom stereocenters. The Labute approximate surface area is 352 Å². The van der Waals surface area contributed by atoms with E-state index in [1.165, 1.54) is 31.5 Å². The number of likely N-dealkylation sites (N-methyl/N-ethyl adjacent to an activating group) is 1. The number of piperazine rings is 1. The minimum absolute atomic E-state index is 0.000464. The van der Waals surface area contributed by atoms with Gasteiger partial charge in [0.05, 0.1) is 24.8 Å². The van der Waals surface area contributed by atoms with Gasteiger partial charge in [0.25, 0.3) is 11.6 Å². The molecular formula is C39H51Cl2N9O9. The molecule has 20 heteroatoms. The molecule has 2 fully saturated rings. The van der Waals surface area contributed by atoms with Gasteiger partial charge < -0.3 is 29.6 Å². The number of amides is 3. The van der Waals surface area contributed by atoms with Gasteiger partial charge in [-0.25, -0.2) is 19.6 Å². The van der Waals surface area contributed by atoms with Gasteiger partial charge in [-0.3, -0.25) is 35.3 Å². The fraction of sp³-hybridized carbons (Fsp3) is 0.513. The molecule has 3 aromatic rings. The highest BCUT2D eigenvalue weighted by Crippen LogP contribution is 2.49. The summed E-state index contributed by atoms with van der Waals surface area (Å²) in [6.07, 6.45) is 0.658. The van der Waals surface area contributed by atoms with Gasteiger partial charge in [0.1, 0.15) is 50.5 Å². The molecule has 0 atom stereocenters. The minimum Gasteiger partial charge on any atom is -0.494 e. The van der Waals surface area contributed by atoms with Gasteiger partial charge in [0.15, 0.2) is 11.5 Å². The predicted octanol–water partition coefficient (Wildman–Crippen LogP) is 7.15. The van der Waals surface area contributed by atoms with Crippen molar-refractivity contribution in [3.8, 4) is 11.5 Å². The largest absolute Gasteiger partial charge is 0.494 e. The van der Waals surface area contributed by atoms with E-state index in [1.54, 1.807) is 46.8 Å². The van der Waals surface area contributed by atoms with E-state index >= 15 is 0 Å². The van der Waals surface area contributed by atoms with Crippen LogP contribution in [0.2, 0.25) is 10.0 Å². The summed E-state index contributed by atoms with van der Waals surface area (Å²) in [5.41, 5.74) is 4.95. The predicted molar refractivity (Wildman–Crippen MR) is 224 cm³/mol. The highest BCUT2D eigenvalue weighted by atomic mass is 35.5. The summed E-state index contributed by atoms with van der Waals surface area (Å²) in [5.74, 6) is -0.786. The molecule has 0 radical (unpaired) electrons. The Balaban J connectivity index is 1.33. The molecular weight excluding hydrogens is 809 g/mol. The van der Waals surface area contributed by atoms with Crippen LogP contribution in [0.3, 0.4) is 0 Å². The molecule has 2 aliphatic rings. The van der Waals surface area contributed by atoms with Gasteiger partial charge in [-0.1, -0.05) is 42.3 Å². The number of hydrogen-bond acceptors (Lipinski definition) is 14. The highest BCUT2D eigenvalue weighted by molar-refractivity contribution is 6.43. The molecule has 1 aliphatic carbocycles. The van der Waals surface area contributed by atoms with Crippen LogP contribution in [-0.2, 0) is 22.4 Å². The number of benzene rings is 2. The van der Waals surface area contributed by atoms with Crippen LogP contribution in [0, 0.1) is 10.1 Å². The zero-order valence-corrected chi connectivity index (χ0v) is 36.0. The summed E-state index contributed by atoms with van der Waals surface area (Å²) in [6.45, 7) is 15.4. The Kier molecular flexibility index (Phi) is 14.0. The van der Waals surface area contributed by atoms with Gasteiger partial charge >= 0.3 is 12.2 Å². The fourth-order valence-corrected chi connectivity index (χ4v) is 7.44. The summed E-state index contributed by atoms with van der Waals surface area (Å²) in [7, 11) is 2.59. The van der Waals surface area contributed by atoms with Crippen LogP contribution in [0.25, 0.3) is 0 Å². The van der Waals surface area contributed by atoms with E-state index in [-0.39, 0.29) is 68.3 Å². The summed E-state index contributed by atoms with van der Waals surface area (Å²) >= 11 is 13.4. The molecule has 0 bridgehead atoms. The lowest BCUT2D eigenvalue weighted by atomic mass is 9.94. The van der Waals surface area contributed by atoms with E-state index in [0.717, 1.165) is 32.7 Å². The Morgan fingerprint density at radius 1 is 0.932 bits per heavy atom. The second-order valence-corrected chi connectivity index (χ2v) is 16.6. The molecule has 3 amide bonds. The first kappa shape index (κ1) is 44.9. The molecule has 4 N–H and O–H groups in total. The smallest absolute Gasteiger partial charge is 0.413 e. The summed E-state index contributed by atoms with van der Waals surface area (Å²) in [4.78, 5) is 66.6. The van der Waals surface area contributed by atoms with Gasteiger partial charge in [-0.15, -0.1) is 0 Å². The summed E-state index contributed by atoms with van der Waals surface area (Å²) < 4.78 is 22.2. The quantitative estimate of drug-likeness (QED) is 0.0833. The highest BCUT2D eigenvalue weighted by Gasteiger charge is 2.40. The van der Waals surface area contributed by atoms with Gasteiger partial charge in [0, 0.05) is 56.8 Å². The van der Waals surface area contributed by atoms with E-state index < -0.39 is 34.2 Å². The van der Waals surface area contributed by atoms with Crippen molar-refractivity contribution in [1.29, 1.82) is 0 Å². The van der Waals surface area contributed by atoms with E-state index in [1.807, 2.05) is 0 Å². The number of nitrogens with two attached hydrogens (primary N) is 1. The second-order valence-electron chi connectivity index (χ2n) is 15.8. The number of nitro benzene ring substituents is 1. The number of halogens is 2. The van der Waals surface area contributed by atoms with E-state index in [0.29, 0.717) is 30.5 Å². The first-order valence-electron chi connectivity index (χ1n) is 19.0. The van der Waals surface area contributed by atoms with Crippen molar-refractivity contribution in [1.82, 2.24) is 19.8 Å². The van der Waals surface area contributed by atoms with Crippen molar-refractivity contribution in [2.24, 2.45) is 0 Å². The lowest BCUT2D eigenvalue weighted by Gasteiger charge is -2.34. The Hall–Kier alpha value is -5.17. The zero-order valence-electron chi connectivity index (χ0n) is 34.4. The lowest BCUT2D eigenvalue weighted by Crippen LogP contribution is -2.45. The molecule has 5 rings (SSSR count). The van der Waals surface area contributed by atoms with Crippen LogP contribution < -0.4 is 30.7 Å². The number of nitro groups is 1. The SMILES string of the molecule is CCN1CCN(Cc2ccc(CC(C)(C)OC(=O)Nc3cc(N(C(=O)c4c(OC)c(Cl)c(NC(=O)OC(C)(C)C)c(Cl)c4OC)C4CC4)ncn3)c([N+](=O)[O-])c2N)CC1. The topological polar surface area (TPSA) is 217 Å². The van der Waals surface area contributed by atoms with Crippen LogP contribution in [0.1, 0.15) is 75.9 Å². The van der Waals surface area contributed by atoms with Crippen molar-refractivity contribution in [2.75, 3.05) is 68.2 Å². The average molecular weight is 861 g/mol. The van der Waals surface area contributed by atoms with Crippen LogP contribution in [0.15, 0.2) is 24.5 Å². The Morgan fingerprint density at radius 2 is 1.51 bits per heavy atom. The first-order chi connectivity index (χ1) is 27.8. The molecule has 1 aromatic heterocycles. The maximum absolute atomic E-state index is 14.5. The van der Waals surface area contributed by atoms with Gasteiger partial charge in [-0.2, -0.15) is 0 Å². The monoisotopic (exact) mass is 859 g/mol. The van der Waals surface area contributed by atoms with Crippen molar-refractivity contribution >= 4 is 70.0 Å². The molecule has 2 aromatic carbocycles. The third-order valence-corrected chi connectivity index (χ3v) is 10.4. The number of ether oxygens (including phenoxy) is 4. The number of aromatic nitrogens is 2. The zero-order chi connectivity index (χ0) is 43.4. The Bertz CT molecular complexity index is 2050. The first-order valence-corrected chi connectivity index (χ1v) is 19.8. The third-order valence-electron chi connectivity index (χ3n) is 9.67. The van der Waals surface area contributed by atoms with Crippen LogP contribution >= 0.6 is 23.2 Å². The van der Waals surface area contributed by atoms with Crippen LogP contribution in [0.5, 0.6) is 11.5 Å². The Morgan fingerprint density at radius 3 is 2.05 bits per heavy atom. The van der Waals surface area contributed by atoms with Crippen molar-refractivity contribution < 1.29 is 38.3 Å². The number of hydrogen-bond donors (Lipinski definition) is 3. The second kappa shape index (κ2) is 18.4. The molecule has 1 saturated carbocycles. The van der Waals surface area contributed by atoms with E-state index in [9.17, 15) is 24.5 Å². The molecule has 1 saturated heterocycles. The standard InChI is InChI=1S/C39H51Cl2N9O9/c1-9-47-14-16-48(17-15-47)20-23-11-10-22(32(30(23)42)50(54)55)19-39(5,6)59-36(52)45-25-18-26(44-21-43-25)49(24-12-13-24)35(51)27-33(56-7)28(40)31(29(41)34(27)57-8)46-37(53)58-38(2,3)4/h10-11,18,21,24H,9,12-17,19-20,42H2,1-8H3,(H,46,53)(H,43,44,45,52). The fourth-order valence-electron chi connectivity index (χ4n) is 6.77.